The van der Waals surface area contributed by atoms with Crippen LogP contribution in [0.2, 0.25) is 0 Å². The first-order valence-corrected chi connectivity index (χ1v) is 10.4. The first-order chi connectivity index (χ1) is 14.3. The molecule has 2 heterocycles. The molecule has 0 bridgehead atoms. The Morgan fingerprint density at radius 3 is 2.73 bits per heavy atom. The molecule has 2 aromatic rings. The molecule has 0 unspecified atom stereocenters. The molecule has 9 heteroatoms. The molecule has 0 spiro atoms. The third-order valence-corrected chi connectivity index (χ3v) is 6.37. The zero-order chi connectivity index (χ0) is 21.6. The van der Waals surface area contributed by atoms with E-state index in [1.54, 1.807) is 11.5 Å². The lowest BCUT2D eigenvalue weighted by molar-refractivity contribution is 0.425. The molecule has 1 aromatic carbocycles. The fourth-order valence-electron chi connectivity index (χ4n) is 4.62. The third kappa shape index (κ3) is 3.35. The summed E-state index contributed by atoms with van der Waals surface area (Å²) in [6, 6.07) is 1.23. The first kappa shape index (κ1) is 20.4. The number of nitrogens with two attached hydrogens (primary N) is 1. The highest BCUT2D eigenvalue weighted by molar-refractivity contribution is 5.87. The summed E-state index contributed by atoms with van der Waals surface area (Å²) in [6.07, 6.45) is 1.69. The van der Waals surface area contributed by atoms with Gasteiger partial charge in [-0.05, 0) is 37.7 Å². The molecule has 1 aliphatic heterocycles. The summed E-state index contributed by atoms with van der Waals surface area (Å²) >= 11 is 0. The second kappa shape index (κ2) is 7.76. The van der Waals surface area contributed by atoms with Crippen LogP contribution in [0.25, 0.3) is 15.7 Å². The number of nitrogens with zero attached hydrogens (tertiary/aromatic N) is 4. The van der Waals surface area contributed by atoms with Gasteiger partial charge >= 0.3 is 5.69 Å². The highest BCUT2D eigenvalue weighted by Crippen LogP contribution is 2.39. The summed E-state index contributed by atoms with van der Waals surface area (Å²) in [5.41, 5.74) is 0.350. The molecule has 2 atom stereocenters. The quantitative estimate of drug-likeness (QED) is 0.422. The van der Waals surface area contributed by atoms with Crippen LogP contribution in [-0.4, -0.2) is 42.0 Å². The van der Waals surface area contributed by atoms with Crippen molar-refractivity contribution in [2.75, 3.05) is 43.5 Å². The van der Waals surface area contributed by atoms with Crippen LogP contribution in [0.1, 0.15) is 31.4 Å². The number of aromatic nitrogens is 2. The fraction of sp³-hybridized carbons (Fsp3) is 0.571. The van der Waals surface area contributed by atoms with E-state index in [1.165, 1.54) is 6.07 Å². The number of fused-ring (bicyclic) bond motifs is 1. The Labute approximate surface area is 173 Å². The van der Waals surface area contributed by atoms with Crippen molar-refractivity contribution < 1.29 is 4.39 Å². The van der Waals surface area contributed by atoms with Crippen LogP contribution in [0.5, 0.6) is 0 Å². The van der Waals surface area contributed by atoms with E-state index in [0.29, 0.717) is 59.5 Å². The number of hydrogen-bond donors (Lipinski definition) is 2. The van der Waals surface area contributed by atoms with E-state index >= 15 is 4.39 Å². The number of nitrogen functional groups attached to an aromatic ring is 1. The van der Waals surface area contributed by atoms with Crippen LogP contribution in [0.4, 0.5) is 10.1 Å². The Morgan fingerprint density at radius 1 is 1.33 bits per heavy atom. The zero-order valence-corrected chi connectivity index (χ0v) is 17.3. The first-order valence-electron chi connectivity index (χ1n) is 10.4. The molecule has 3 N–H and O–H groups in total. The van der Waals surface area contributed by atoms with Crippen molar-refractivity contribution in [3.63, 3.8) is 0 Å². The van der Waals surface area contributed by atoms with Gasteiger partial charge in [-0.3, -0.25) is 9.36 Å². The second-order valence-electron chi connectivity index (χ2n) is 8.52. The van der Waals surface area contributed by atoms with Gasteiger partial charge in [0.05, 0.1) is 23.1 Å². The smallest absolute Gasteiger partial charge is 0.350 e. The van der Waals surface area contributed by atoms with Gasteiger partial charge < -0.3 is 20.9 Å². The standard InChI is InChI=1S/C21H27FN6O2/c1-12-10-26(11-14(12)9-25-7-6-24-3)19-13(2)18-16(8-17(19)22)20(29)28(23)21(30)27(18)15-4-5-15/h8,12,14-15,25H,4-7,9-11,23H2,1-2H3/t12-,14-/m1/s1. The topological polar surface area (TPSA) is 89.7 Å². The maximum atomic E-state index is 15.2. The molecule has 2 aliphatic rings. The van der Waals surface area contributed by atoms with Crippen LogP contribution < -0.4 is 27.3 Å². The van der Waals surface area contributed by atoms with Gasteiger partial charge in [-0.2, -0.15) is 4.68 Å². The van der Waals surface area contributed by atoms with E-state index < -0.39 is 17.1 Å². The highest BCUT2D eigenvalue weighted by Gasteiger charge is 2.34. The van der Waals surface area contributed by atoms with Gasteiger partial charge in [0, 0.05) is 31.2 Å². The minimum Gasteiger partial charge on any atom is -0.368 e. The summed E-state index contributed by atoms with van der Waals surface area (Å²) in [5.74, 6) is 5.90. The van der Waals surface area contributed by atoms with Crippen LogP contribution in [-0.2, 0) is 0 Å². The number of hydrogen-bond acceptors (Lipinski definition) is 5. The van der Waals surface area contributed by atoms with Crippen molar-refractivity contribution in [1.82, 2.24) is 14.6 Å². The fourth-order valence-corrected chi connectivity index (χ4v) is 4.62. The SMILES string of the molecule is [C-]#[N+]CCNC[C@@H]1CN(c2c(F)cc3c(=O)n(N)c(=O)n(C4CC4)c3c2C)C[C@H]1C. The van der Waals surface area contributed by atoms with E-state index in [0.717, 1.165) is 19.4 Å². The van der Waals surface area contributed by atoms with Gasteiger partial charge in [0.25, 0.3) is 5.56 Å². The minimum atomic E-state index is -0.669. The molecule has 1 saturated heterocycles. The lowest BCUT2D eigenvalue weighted by Crippen LogP contribution is -2.44. The van der Waals surface area contributed by atoms with Crippen molar-refractivity contribution in [2.45, 2.75) is 32.7 Å². The maximum absolute atomic E-state index is 15.2. The van der Waals surface area contributed by atoms with E-state index in [1.807, 2.05) is 4.90 Å². The molecule has 30 heavy (non-hydrogen) atoms. The van der Waals surface area contributed by atoms with Crippen molar-refractivity contribution >= 4 is 16.6 Å². The summed E-state index contributed by atoms with van der Waals surface area (Å²) in [6.45, 7) is 14.0. The zero-order valence-electron chi connectivity index (χ0n) is 17.3. The molecule has 0 amide bonds. The second-order valence-corrected chi connectivity index (χ2v) is 8.52. The van der Waals surface area contributed by atoms with E-state index in [4.69, 9.17) is 12.4 Å². The molecule has 1 aliphatic carbocycles. The summed E-state index contributed by atoms with van der Waals surface area (Å²) in [7, 11) is 0. The van der Waals surface area contributed by atoms with Crippen LogP contribution in [0.3, 0.4) is 0 Å². The molecule has 1 aromatic heterocycles. The largest absolute Gasteiger partial charge is 0.368 e. The van der Waals surface area contributed by atoms with E-state index in [2.05, 4.69) is 17.1 Å². The Balaban J connectivity index is 1.75. The van der Waals surface area contributed by atoms with E-state index in [9.17, 15) is 9.59 Å². The molecule has 0 radical (unpaired) electrons. The van der Waals surface area contributed by atoms with Gasteiger partial charge in [0.15, 0.2) is 0 Å². The molecule has 8 nitrogen and oxygen atoms in total. The molecule has 160 valence electrons. The number of halogens is 1. The average molecular weight is 414 g/mol. The van der Waals surface area contributed by atoms with E-state index in [-0.39, 0.29) is 11.4 Å². The van der Waals surface area contributed by atoms with Gasteiger partial charge in [0.2, 0.25) is 6.54 Å². The van der Waals surface area contributed by atoms with Crippen LogP contribution in [0, 0.1) is 31.1 Å². The highest BCUT2D eigenvalue weighted by atomic mass is 19.1. The van der Waals surface area contributed by atoms with Gasteiger partial charge in [-0.25, -0.2) is 15.8 Å². The Morgan fingerprint density at radius 2 is 2.07 bits per heavy atom. The predicted octanol–water partition coefficient (Wildman–Crippen LogP) is 1.24. The lowest BCUT2D eigenvalue weighted by atomic mass is 9.98. The third-order valence-electron chi connectivity index (χ3n) is 6.37. The molecule has 4 rings (SSSR count). The van der Waals surface area contributed by atoms with Crippen molar-refractivity contribution in [1.29, 1.82) is 0 Å². The van der Waals surface area contributed by atoms with Crippen molar-refractivity contribution in [3.8, 4) is 0 Å². The van der Waals surface area contributed by atoms with Crippen LogP contribution >= 0.6 is 0 Å². The van der Waals surface area contributed by atoms with Gasteiger partial charge in [-0.1, -0.05) is 6.92 Å². The Hall–Kier alpha value is -2.86. The predicted molar refractivity (Wildman–Crippen MR) is 115 cm³/mol. The normalized spacial score (nSPS) is 21.3. The number of rotatable bonds is 6. The average Bonchev–Trinajstić information content (AvgIpc) is 3.48. The number of benzene rings is 1. The summed E-state index contributed by atoms with van der Waals surface area (Å²) < 4.78 is 17.4. The number of aryl methyl sites for hydroxylation is 1. The number of anilines is 1. The van der Waals surface area contributed by atoms with Crippen molar-refractivity contribution in [2.24, 2.45) is 11.8 Å². The molecule has 2 fully saturated rings. The minimum absolute atomic E-state index is 0.00399. The maximum Gasteiger partial charge on any atom is 0.350 e. The molecular formula is C21H27FN6O2. The Kier molecular flexibility index (Phi) is 5.28. The van der Waals surface area contributed by atoms with Crippen LogP contribution in [0.15, 0.2) is 15.7 Å². The monoisotopic (exact) mass is 414 g/mol. The van der Waals surface area contributed by atoms with Crippen molar-refractivity contribution in [3.05, 3.63) is 49.7 Å². The summed E-state index contributed by atoms with van der Waals surface area (Å²) in [4.78, 5) is 30.6. The molecule has 1 saturated carbocycles. The van der Waals surface area contributed by atoms with Gasteiger partial charge in [0.1, 0.15) is 5.82 Å². The lowest BCUT2D eigenvalue weighted by Gasteiger charge is -2.24. The summed E-state index contributed by atoms with van der Waals surface area (Å²) in [5, 5.41) is 3.45. The Bertz CT molecular complexity index is 1140. The van der Waals surface area contributed by atoms with Gasteiger partial charge in [-0.15, -0.1) is 0 Å². The number of nitrogens with one attached hydrogen (secondary N) is 1. The molecular weight excluding hydrogens is 387 g/mol.